The van der Waals surface area contributed by atoms with Crippen molar-refractivity contribution in [2.24, 2.45) is 11.8 Å². The van der Waals surface area contributed by atoms with E-state index in [1.54, 1.807) is 0 Å². The Hall–Kier alpha value is -0.220. The Morgan fingerprint density at radius 1 is 1.31 bits per heavy atom. The van der Waals surface area contributed by atoms with Gasteiger partial charge >= 0.3 is 0 Å². The van der Waals surface area contributed by atoms with Gasteiger partial charge in [-0.2, -0.15) is 0 Å². The van der Waals surface area contributed by atoms with Crippen molar-refractivity contribution in [2.45, 2.75) is 39.7 Å². The molecule has 2 atom stereocenters. The number of nitrogens with zero attached hydrogens (tertiary/aromatic N) is 1. The normalized spacial score (nSPS) is 27.9. The topological polar surface area (TPSA) is 15.3 Å². The summed E-state index contributed by atoms with van der Waals surface area (Å²) >= 11 is 0. The Bertz CT molecular complexity index is 195. The summed E-state index contributed by atoms with van der Waals surface area (Å²) in [4.78, 5) is 2.39. The number of alkyl halides is 2. The molecule has 1 heterocycles. The Balaban J connectivity index is 2.35. The fourth-order valence-electron chi connectivity index (χ4n) is 2.53. The SMILES string of the molecule is CC(C)CN1CC(C)CC(NCC(F)F)C1. The van der Waals surface area contributed by atoms with Crippen LogP contribution in [0.5, 0.6) is 0 Å². The minimum atomic E-state index is -2.24. The van der Waals surface area contributed by atoms with Gasteiger partial charge in [0, 0.05) is 25.7 Å². The molecule has 0 amide bonds. The highest BCUT2D eigenvalue weighted by molar-refractivity contribution is 4.82. The number of nitrogens with one attached hydrogen (secondary N) is 1. The summed E-state index contributed by atoms with van der Waals surface area (Å²) in [5.74, 6) is 1.24. The quantitative estimate of drug-likeness (QED) is 0.784. The van der Waals surface area contributed by atoms with Crippen molar-refractivity contribution in [3.63, 3.8) is 0 Å². The lowest BCUT2D eigenvalue weighted by molar-refractivity contribution is 0.107. The summed E-state index contributed by atoms with van der Waals surface area (Å²) in [6.45, 7) is 9.50. The minimum Gasteiger partial charge on any atom is -0.307 e. The average molecular weight is 234 g/mol. The van der Waals surface area contributed by atoms with Crippen LogP contribution in [0.25, 0.3) is 0 Å². The first-order valence-electron chi connectivity index (χ1n) is 6.21. The molecule has 1 aliphatic rings. The van der Waals surface area contributed by atoms with Crippen molar-refractivity contribution in [2.75, 3.05) is 26.2 Å². The van der Waals surface area contributed by atoms with E-state index in [9.17, 15) is 8.78 Å². The molecule has 1 saturated heterocycles. The van der Waals surface area contributed by atoms with Crippen molar-refractivity contribution in [1.82, 2.24) is 10.2 Å². The van der Waals surface area contributed by atoms with Crippen molar-refractivity contribution in [3.8, 4) is 0 Å². The number of hydrogen-bond donors (Lipinski definition) is 1. The zero-order chi connectivity index (χ0) is 12.1. The fourth-order valence-corrected chi connectivity index (χ4v) is 2.53. The van der Waals surface area contributed by atoms with E-state index in [0.29, 0.717) is 11.8 Å². The predicted octanol–water partition coefficient (Wildman–Crippen LogP) is 2.21. The lowest BCUT2D eigenvalue weighted by Gasteiger charge is -2.37. The van der Waals surface area contributed by atoms with Crippen molar-refractivity contribution < 1.29 is 8.78 Å². The lowest BCUT2D eigenvalue weighted by atomic mass is 9.95. The molecule has 0 aromatic heterocycles. The third kappa shape index (κ3) is 5.21. The van der Waals surface area contributed by atoms with Gasteiger partial charge in [-0.15, -0.1) is 0 Å². The minimum absolute atomic E-state index is 0.174. The highest BCUT2D eigenvalue weighted by Gasteiger charge is 2.25. The first kappa shape index (κ1) is 13.8. The van der Waals surface area contributed by atoms with E-state index in [2.05, 4.69) is 31.0 Å². The lowest BCUT2D eigenvalue weighted by Crippen LogP contribution is -2.50. The Morgan fingerprint density at radius 2 is 2.00 bits per heavy atom. The first-order valence-corrected chi connectivity index (χ1v) is 6.21. The Kier molecular flexibility index (Phi) is 5.62. The molecular formula is C12H24F2N2. The molecule has 2 nitrogen and oxygen atoms in total. The Labute approximate surface area is 97.4 Å². The maximum Gasteiger partial charge on any atom is 0.250 e. The summed E-state index contributed by atoms with van der Waals surface area (Å²) in [6, 6.07) is 0.233. The second kappa shape index (κ2) is 6.50. The summed E-state index contributed by atoms with van der Waals surface area (Å²) < 4.78 is 24.2. The molecule has 1 aliphatic heterocycles. The van der Waals surface area contributed by atoms with Crippen LogP contribution in [0, 0.1) is 11.8 Å². The Morgan fingerprint density at radius 3 is 2.56 bits per heavy atom. The molecule has 0 spiro atoms. The van der Waals surface area contributed by atoms with Crippen LogP contribution < -0.4 is 5.32 Å². The zero-order valence-corrected chi connectivity index (χ0v) is 10.5. The highest BCUT2D eigenvalue weighted by Crippen LogP contribution is 2.17. The molecule has 0 aromatic rings. The van der Waals surface area contributed by atoms with Crippen molar-refractivity contribution >= 4 is 0 Å². The molecule has 0 aromatic carbocycles. The van der Waals surface area contributed by atoms with Gasteiger partial charge in [0.25, 0.3) is 6.43 Å². The maximum absolute atomic E-state index is 12.1. The van der Waals surface area contributed by atoms with Gasteiger partial charge in [0.15, 0.2) is 0 Å². The molecule has 2 unspecified atom stereocenters. The average Bonchev–Trinajstić information content (AvgIpc) is 2.12. The monoisotopic (exact) mass is 234 g/mol. The second-order valence-corrected chi connectivity index (χ2v) is 5.45. The molecule has 1 rings (SSSR count). The summed E-state index contributed by atoms with van der Waals surface area (Å²) in [5, 5.41) is 2.96. The van der Waals surface area contributed by atoms with E-state index in [1.807, 2.05) is 0 Å². The van der Waals surface area contributed by atoms with E-state index < -0.39 is 6.43 Å². The van der Waals surface area contributed by atoms with Crippen LogP contribution in [-0.2, 0) is 0 Å². The van der Waals surface area contributed by atoms with Gasteiger partial charge in [-0.3, -0.25) is 0 Å². The van der Waals surface area contributed by atoms with Gasteiger partial charge in [0.05, 0.1) is 6.54 Å². The standard InChI is InChI=1S/C12H24F2N2/c1-9(2)6-16-7-10(3)4-11(8-16)15-5-12(13)14/h9-12,15H,4-8H2,1-3H3. The van der Waals surface area contributed by atoms with Gasteiger partial charge in [0.2, 0.25) is 0 Å². The van der Waals surface area contributed by atoms with Gasteiger partial charge in [-0.05, 0) is 18.3 Å². The molecular weight excluding hydrogens is 210 g/mol. The molecule has 1 N–H and O–H groups in total. The fraction of sp³-hybridized carbons (Fsp3) is 1.00. The van der Waals surface area contributed by atoms with E-state index in [-0.39, 0.29) is 12.6 Å². The maximum atomic E-state index is 12.1. The largest absolute Gasteiger partial charge is 0.307 e. The highest BCUT2D eigenvalue weighted by atomic mass is 19.3. The van der Waals surface area contributed by atoms with Crippen LogP contribution in [0.15, 0.2) is 0 Å². The summed E-state index contributed by atoms with van der Waals surface area (Å²) in [5.41, 5.74) is 0. The van der Waals surface area contributed by atoms with E-state index >= 15 is 0 Å². The number of piperidine rings is 1. The molecule has 16 heavy (non-hydrogen) atoms. The van der Waals surface area contributed by atoms with E-state index in [4.69, 9.17) is 0 Å². The molecule has 0 radical (unpaired) electrons. The molecule has 0 aliphatic carbocycles. The van der Waals surface area contributed by atoms with Gasteiger partial charge in [-0.25, -0.2) is 8.78 Å². The predicted molar refractivity (Wildman–Crippen MR) is 62.9 cm³/mol. The first-order chi connectivity index (χ1) is 7.47. The molecule has 0 saturated carbocycles. The van der Waals surface area contributed by atoms with Gasteiger partial charge in [-0.1, -0.05) is 20.8 Å². The van der Waals surface area contributed by atoms with Crippen LogP contribution in [0.3, 0.4) is 0 Å². The van der Waals surface area contributed by atoms with Gasteiger partial charge < -0.3 is 10.2 Å². The summed E-state index contributed by atoms with van der Waals surface area (Å²) in [7, 11) is 0. The van der Waals surface area contributed by atoms with Crippen LogP contribution in [0.1, 0.15) is 27.2 Å². The zero-order valence-electron chi connectivity index (χ0n) is 10.5. The van der Waals surface area contributed by atoms with Crippen LogP contribution >= 0.6 is 0 Å². The molecule has 4 heteroatoms. The van der Waals surface area contributed by atoms with Crippen LogP contribution in [0.2, 0.25) is 0 Å². The third-order valence-electron chi connectivity index (χ3n) is 2.92. The van der Waals surface area contributed by atoms with Crippen LogP contribution in [-0.4, -0.2) is 43.5 Å². The van der Waals surface area contributed by atoms with Crippen molar-refractivity contribution in [1.29, 1.82) is 0 Å². The third-order valence-corrected chi connectivity index (χ3v) is 2.92. The molecule has 0 bridgehead atoms. The second-order valence-electron chi connectivity index (χ2n) is 5.45. The number of halogens is 2. The number of hydrogen-bond acceptors (Lipinski definition) is 2. The molecule has 96 valence electrons. The van der Waals surface area contributed by atoms with Crippen molar-refractivity contribution in [3.05, 3.63) is 0 Å². The summed E-state index contributed by atoms with van der Waals surface area (Å²) in [6.07, 6.45) is -1.22. The smallest absolute Gasteiger partial charge is 0.250 e. The molecule has 1 fully saturated rings. The van der Waals surface area contributed by atoms with Crippen LogP contribution in [0.4, 0.5) is 8.78 Å². The van der Waals surface area contributed by atoms with Gasteiger partial charge in [0.1, 0.15) is 0 Å². The number of rotatable bonds is 5. The number of likely N-dealkylation sites (tertiary alicyclic amines) is 1. The van der Waals surface area contributed by atoms with E-state index in [0.717, 1.165) is 26.1 Å². The van der Waals surface area contributed by atoms with E-state index in [1.165, 1.54) is 0 Å².